The summed E-state index contributed by atoms with van der Waals surface area (Å²) < 4.78 is 6.97. The highest BCUT2D eigenvalue weighted by molar-refractivity contribution is 8.00. The summed E-state index contributed by atoms with van der Waals surface area (Å²) in [5.41, 5.74) is 2.11. The van der Waals surface area contributed by atoms with Gasteiger partial charge in [-0.05, 0) is 54.8 Å². The van der Waals surface area contributed by atoms with Gasteiger partial charge in [0, 0.05) is 11.7 Å². The monoisotopic (exact) mass is 457 g/mol. The number of fused-ring (bicyclic) bond motifs is 1. The normalized spacial score (nSPS) is 14.1. The van der Waals surface area contributed by atoms with E-state index in [-0.39, 0.29) is 17.5 Å². The predicted molar refractivity (Wildman–Crippen MR) is 131 cm³/mol. The van der Waals surface area contributed by atoms with Crippen LogP contribution in [0.3, 0.4) is 0 Å². The number of aromatic nitrogens is 2. The number of rotatable bonds is 7. The molecule has 1 atom stereocenters. The standard InChI is InChI=1S/C26H23N3O3S/c1-32-20-15-11-18(12-16-20)27-24(30)23(17-7-3-2-4-8-17)33-26-28-22-10-6-5-9-21(22)25(31)29(26)19-13-14-19/h2-12,15-16,19,23H,13-14H2,1H3,(H,27,30). The van der Waals surface area contributed by atoms with Gasteiger partial charge in [-0.15, -0.1) is 0 Å². The van der Waals surface area contributed by atoms with Crippen LogP contribution in [0.5, 0.6) is 5.75 Å². The van der Waals surface area contributed by atoms with Crippen molar-refractivity contribution in [3.8, 4) is 5.75 Å². The van der Waals surface area contributed by atoms with Gasteiger partial charge in [0.05, 0.1) is 18.0 Å². The highest BCUT2D eigenvalue weighted by atomic mass is 32.2. The lowest BCUT2D eigenvalue weighted by atomic mass is 10.1. The van der Waals surface area contributed by atoms with Crippen molar-refractivity contribution in [3.63, 3.8) is 0 Å². The molecular formula is C26H23N3O3S. The van der Waals surface area contributed by atoms with E-state index in [1.807, 2.05) is 54.6 Å². The van der Waals surface area contributed by atoms with E-state index >= 15 is 0 Å². The van der Waals surface area contributed by atoms with E-state index in [4.69, 9.17) is 9.72 Å². The lowest BCUT2D eigenvalue weighted by molar-refractivity contribution is -0.115. The first kappa shape index (κ1) is 21.3. The third kappa shape index (κ3) is 4.50. The second kappa shape index (κ2) is 9.11. The maximum absolute atomic E-state index is 13.4. The van der Waals surface area contributed by atoms with E-state index in [0.29, 0.717) is 21.7 Å². The number of nitrogens with one attached hydrogen (secondary N) is 1. The number of hydrogen-bond acceptors (Lipinski definition) is 5. The summed E-state index contributed by atoms with van der Waals surface area (Å²) in [6, 6.07) is 24.3. The van der Waals surface area contributed by atoms with Crippen LogP contribution in [0.4, 0.5) is 5.69 Å². The molecule has 1 aliphatic rings. The fraction of sp³-hybridized carbons (Fsp3) is 0.192. The van der Waals surface area contributed by atoms with Crippen molar-refractivity contribution in [2.75, 3.05) is 12.4 Å². The van der Waals surface area contributed by atoms with Crippen molar-refractivity contribution >= 4 is 34.3 Å². The molecule has 1 N–H and O–H groups in total. The number of hydrogen-bond donors (Lipinski definition) is 1. The molecule has 1 aromatic heterocycles. The summed E-state index contributed by atoms with van der Waals surface area (Å²) in [5, 5.41) is 3.59. The molecule has 0 spiro atoms. The minimum atomic E-state index is -0.577. The Labute approximate surface area is 195 Å². The number of para-hydroxylation sites is 1. The van der Waals surface area contributed by atoms with Gasteiger partial charge in [-0.1, -0.05) is 54.2 Å². The van der Waals surface area contributed by atoms with Crippen LogP contribution >= 0.6 is 11.8 Å². The second-order valence-corrected chi connectivity index (χ2v) is 9.02. The smallest absolute Gasteiger partial charge is 0.262 e. The summed E-state index contributed by atoms with van der Waals surface area (Å²) in [7, 11) is 1.60. The Morgan fingerprint density at radius 1 is 1.03 bits per heavy atom. The van der Waals surface area contributed by atoms with Crippen molar-refractivity contribution in [2.24, 2.45) is 0 Å². The average molecular weight is 458 g/mol. The predicted octanol–water partition coefficient (Wildman–Crippen LogP) is 5.21. The molecule has 1 aliphatic carbocycles. The summed E-state index contributed by atoms with van der Waals surface area (Å²) in [6.45, 7) is 0. The van der Waals surface area contributed by atoms with E-state index < -0.39 is 5.25 Å². The largest absolute Gasteiger partial charge is 0.497 e. The Morgan fingerprint density at radius 2 is 1.73 bits per heavy atom. The second-order valence-electron chi connectivity index (χ2n) is 7.94. The number of methoxy groups -OCH3 is 1. The third-order valence-electron chi connectivity index (χ3n) is 5.61. The van der Waals surface area contributed by atoms with Gasteiger partial charge >= 0.3 is 0 Å². The zero-order chi connectivity index (χ0) is 22.8. The summed E-state index contributed by atoms with van der Waals surface area (Å²) in [5.74, 6) is 0.539. The molecular weight excluding hydrogens is 434 g/mol. The van der Waals surface area contributed by atoms with Gasteiger partial charge in [-0.2, -0.15) is 0 Å². The minimum Gasteiger partial charge on any atom is -0.497 e. The van der Waals surface area contributed by atoms with E-state index in [9.17, 15) is 9.59 Å². The molecule has 0 aliphatic heterocycles. The Kier molecular flexibility index (Phi) is 5.88. The lowest BCUT2D eigenvalue weighted by Gasteiger charge is -2.19. The Bertz CT molecular complexity index is 1350. The van der Waals surface area contributed by atoms with Crippen molar-refractivity contribution in [3.05, 3.63) is 94.8 Å². The zero-order valence-corrected chi connectivity index (χ0v) is 18.9. The SMILES string of the molecule is COc1ccc(NC(=O)C(Sc2nc3ccccc3c(=O)n2C2CC2)c2ccccc2)cc1. The van der Waals surface area contributed by atoms with Crippen LogP contribution in [0.2, 0.25) is 0 Å². The van der Waals surface area contributed by atoms with Gasteiger partial charge in [0.25, 0.3) is 5.56 Å². The van der Waals surface area contributed by atoms with Gasteiger partial charge in [0.2, 0.25) is 5.91 Å². The van der Waals surface area contributed by atoms with Gasteiger partial charge in [-0.25, -0.2) is 4.98 Å². The molecule has 1 unspecified atom stereocenters. The molecule has 7 heteroatoms. The molecule has 166 valence electrons. The maximum atomic E-state index is 13.4. The lowest BCUT2D eigenvalue weighted by Crippen LogP contribution is -2.24. The summed E-state index contributed by atoms with van der Waals surface area (Å²) in [6.07, 6.45) is 1.89. The molecule has 0 saturated heterocycles. The zero-order valence-electron chi connectivity index (χ0n) is 18.1. The van der Waals surface area contributed by atoms with Crippen LogP contribution in [-0.2, 0) is 4.79 Å². The number of amides is 1. The van der Waals surface area contributed by atoms with Crippen LogP contribution in [0.25, 0.3) is 10.9 Å². The molecule has 1 saturated carbocycles. The molecule has 3 aromatic carbocycles. The van der Waals surface area contributed by atoms with Crippen molar-refractivity contribution in [1.29, 1.82) is 0 Å². The number of carbonyl (C=O) groups is 1. The molecule has 5 rings (SSSR count). The number of nitrogens with zero attached hydrogens (tertiary/aromatic N) is 2. The molecule has 33 heavy (non-hydrogen) atoms. The molecule has 1 fully saturated rings. The average Bonchev–Trinajstić information content (AvgIpc) is 3.69. The first-order valence-corrected chi connectivity index (χ1v) is 11.7. The quantitative estimate of drug-likeness (QED) is 0.305. The molecule has 1 heterocycles. The first-order chi connectivity index (χ1) is 16.1. The molecule has 1 amide bonds. The van der Waals surface area contributed by atoms with Gasteiger partial charge < -0.3 is 10.1 Å². The molecule has 4 aromatic rings. The fourth-order valence-electron chi connectivity index (χ4n) is 3.75. The highest BCUT2D eigenvalue weighted by Crippen LogP contribution is 2.41. The Balaban J connectivity index is 1.53. The van der Waals surface area contributed by atoms with E-state index in [1.54, 1.807) is 35.9 Å². The fourth-order valence-corrected chi connectivity index (χ4v) is 4.92. The maximum Gasteiger partial charge on any atom is 0.262 e. The Hall–Kier alpha value is -3.58. The number of thioether (sulfide) groups is 1. The van der Waals surface area contributed by atoms with Crippen molar-refractivity contribution in [1.82, 2.24) is 9.55 Å². The topological polar surface area (TPSA) is 73.2 Å². The van der Waals surface area contributed by atoms with Crippen LogP contribution in [0.1, 0.15) is 29.7 Å². The van der Waals surface area contributed by atoms with Gasteiger partial charge in [0.1, 0.15) is 11.0 Å². The first-order valence-electron chi connectivity index (χ1n) is 10.8. The van der Waals surface area contributed by atoms with Crippen molar-refractivity contribution in [2.45, 2.75) is 29.3 Å². The van der Waals surface area contributed by atoms with Gasteiger partial charge in [-0.3, -0.25) is 14.2 Å². The van der Waals surface area contributed by atoms with E-state index in [0.717, 1.165) is 24.2 Å². The van der Waals surface area contributed by atoms with Crippen LogP contribution in [0.15, 0.2) is 88.8 Å². The third-order valence-corrected chi connectivity index (χ3v) is 6.83. The summed E-state index contributed by atoms with van der Waals surface area (Å²) in [4.78, 5) is 31.5. The highest BCUT2D eigenvalue weighted by Gasteiger charge is 2.31. The number of benzene rings is 3. The van der Waals surface area contributed by atoms with Crippen LogP contribution in [-0.4, -0.2) is 22.6 Å². The van der Waals surface area contributed by atoms with Gasteiger partial charge in [0.15, 0.2) is 5.16 Å². The van der Waals surface area contributed by atoms with Crippen molar-refractivity contribution < 1.29 is 9.53 Å². The molecule has 6 nitrogen and oxygen atoms in total. The molecule has 0 bridgehead atoms. The van der Waals surface area contributed by atoms with Crippen LogP contribution < -0.4 is 15.6 Å². The Morgan fingerprint density at radius 3 is 2.42 bits per heavy atom. The number of ether oxygens (including phenoxy) is 1. The minimum absolute atomic E-state index is 0.0482. The number of anilines is 1. The summed E-state index contributed by atoms with van der Waals surface area (Å²) >= 11 is 1.32. The van der Waals surface area contributed by atoms with E-state index in [1.165, 1.54) is 11.8 Å². The number of carbonyl (C=O) groups excluding carboxylic acids is 1. The van der Waals surface area contributed by atoms with Crippen LogP contribution in [0, 0.1) is 0 Å². The van der Waals surface area contributed by atoms with E-state index in [2.05, 4.69) is 5.32 Å². The molecule has 0 radical (unpaired) electrons.